The van der Waals surface area contributed by atoms with Crippen LogP contribution >= 0.6 is 23.2 Å². The Morgan fingerprint density at radius 2 is 1.80 bits per heavy atom. The monoisotopic (exact) mass is 584 g/mol. The van der Waals surface area contributed by atoms with E-state index in [1.165, 1.54) is 11.0 Å². The molecular formula is C32H26Cl2N4O3. The van der Waals surface area contributed by atoms with Gasteiger partial charge in [0.05, 0.1) is 22.8 Å². The van der Waals surface area contributed by atoms with E-state index in [4.69, 9.17) is 27.9 Å². The number of fused-ring (bicyclic) bond motifs is 2. The predicted molar refractivity (Wildman–Crippen MR) is 164 cm³/mol. The lowest BCUT2D eigenvalue weighted by Gasteiger charge is -2.21. The number of carbonyl (C=O) groups is 2. The fourth-order valence-corrected chi connectivity index (χ4v) is 4.89. The van der Waals surface area contributed by atoms with Gasteiger partial charge in [-0.05, 0) is 55.0 Å². The fourth-order valence-electron chi connectivity index (χ4n) is 4.29. The van der Waals surface area contributed by atoms with Crippen LogP contribution in [0.2, 0.25) is 10.0 Å². The Morgan fingerprint density at radius 1 is 1.00 bits per heavy atom. The Kier molecular flexibility index (Phi) is 8.47. The van der Waals surface area contributed by atoms with Crippen LogP contribution < -0.4 is 15.0 Å². The van der Waals surface area contributed by atoms with E-state index in [-0.39, 0.29) is 24.1 Å². The Labute approximate surface area is 247 Å². The number of hydrogen-bond acceptors (Lipinski definition) is 5. The van der Waals surface area contributed by atoms with Gasteiger partial charge >= 0.3 is 0 Å². The molecule has 3 aromatic carbocycles. The number of ether oxygens (including phenoxy) is 1. The van der Waals surface area contributed by atoms with Crippen LogP contribution in [0.25, 0.3) is 27.9 Å². The third-order valence-electron chi connectivity index (χ3n) is 6.55. The van der Waals surface area contributed by atoms with E-state index < -0.39 is 5.91 Å². The number of anilines is 1. The molecule has 0 bridgehead atoms. The van der Waals surface area contributed by atoms with Crippen molar-refractivity contribution in [2.45, 2.75) is 13.5 Å². The largest absolute Gasteiger partial charge is 0.487 e. The van der Waals surface area contributed by atoms with Gasteiger partial charge in [0.1, 0.15) is 17.9 Å². The van der Waals surface area contributed by atoms with E-state index in [1.54, 1.807) is 31.5 Å². The Bertz CT molecular complexity index is 1810. The first-order valence-electron chi connectivity index (χ1n) is 12.8. The van der Waals surface area contributed by atoms with Gasteiger partial charge in [-0.3, -0.25) is 14.6 Å². The maximum absolute atomic E-state index is 12.9. The third kappa shape index (κ3) is 6.48. The molecule has 2 aromatic heterocycles. The van der Waals surface area contributed by atoms with Crippen LogP contribution in [0.15, 0.2) is 85.1 Å². The molecule has 2 heterocycles. The highest BCUT2D eigenvalue weighted by Crippen LogP contribution is 2.35. The van der Waals surface area contributed by atoms with Gasteiger partial charge in [-0.15, -0.1) is 0 Å². The molecule has 41 heavy (non-hydrogen) atoms. The minimum atomic E-state index is -0.407. The smallest absolute Gasteiger partial charge is 0.246 e. The van der Waals surface area contributed by atoms with Crippen LogP contribution in [0.4, 0.5) is 5.69 Å². The molecule has 0 saturated heterocycles. The van der Waals surface area contributed by atoms with Crippen molar-refractivity contribution in [1.82, 2.24) is 15.3 Å². The van der Waals surface area contributed by atoms with Gasteiger partial charge in [-0.2, -0.15) is 0 Å². The van der Waals surface area contributed by atoms with Gasteiger partial charge in [0.15, 0.2) is 0 Å². The number of nitrogens with one attached hydrogen (secondary N) is 1. The summed E-state index contributed by atoms with van der Waals surface area (Å²) in [6, 6.07) is 22.6. The molecule has 0 aliphatic carbocycles. The van der Waals surface area contributed by atoms with Crippen LogP contribution in [-0.2, 0) is 16.2 Å². The second kappa shape index (κ2) is 12.4. The van der Waals surface area contributed by atoms with Gasteiger partial charge in [-0.1, -0.05) is 59.6 Å². The summed E-state index contributed by atoms with van der Waals surface area (Å²) in [6.45, 7) is 1.77. The first-order chi connectivity index (χ1) is 19.8. The van der Waals surface area contributed by atoms with Crippen molar-refractivity contribution >= 4 is 68.6 Å². The van der Waals surface area contributed by atoms with Crippen molar-refractivity contribution in [3.8, 4) is 5.75 Å². The average Bonchev–Trinajstić information content (AvgIpc) is 2.98. The van der Waals surface area contributed by atoms with Crippen molar-refractivity contribution in [1.29, 1.82) is 0 Å². The van der Waals surface area contributed by atoms with E-state index in [1.807, 2.05) is 67.6 Å². The molecule has 1 N–H and O–H groups in total. The highest BCUT2D eigenvalue weighted by Gasteiger charge is 2.19. The van der Waals surface area contributed by atoms with Crippen molar-refractivity contribution in [2.24, 2.45) is 0 Å². The van der Waals surface area contributed by atoms with Gasteiger partial charge in [-0.25, -0.2) is 4.98 Å². The summed E-state index contributed by atoms with van der Waals surface area (Å²) in [5, 5.41) is 5.24. The molecule has 7 nitrogen and oxygen atoms in total. The summed E-state index contributed by atoms with van der Waals surface area (Å²) in [5.41, 5.74) is 4.24. The lowest BCUT2D eigenvalue weighted by Crippen LogP contribution is -2.37. The molecule has 0 unspecified atom stereocenters. The standard InChI is InChI=1S/C32H26Cl2N4O3/c1-20-10-12-22-7-5-9-28(32(22)37-20)41-19-24-25(33)13-14-27(31(24)34)38(2)30(40)18-36-29(39)15-11-21-16-23-6-3-4-8-26(23)35-17-21/h3-17H,18-19H2,1-2H3,(H,36,39)/b15-11+. The second-order valence-corrected chi connectivity index (χ2v) is 10.2. The van der Waals surface area contributed by atoms with E-state index >= 15 is 0 Å². The fraction of sp³-hybridized carbons (Fsp3) is 0.125. The zero-order valence-corrected chi connectivity index (χ0v) is 23.9. The van der Waals surface area contributed by atoms with Crippen molar-refractivity contribution in [3.05, 3.63) is 112 Å². The van der Waals surface area contributed by atoms with Crippen LogP contribution in [0.1, 0.15) is 16.8 Å². The summed E-state index contributed by atoms with van der Waals surface area (Å²) < 4.78 is 6.08. The zero-order valence-electron chi connectivity index (χ0n) is 22.4. The Balaban J connectivity index is 1.23. The minimum absolute atomic E-state index is 0.0768. The average molecular weight is 585 g/mol. The third-order valence-corrected chi connectivity index (χ3v) is 7.32. The minimum Gasteiger partial charge on any atom is -0.487 e. The van der Waals surface area contributed by atoms with Crippen LogP contribution in [0.5, 0.6) is 5.75 Å². The van der Waals surface area contributed by atoms with Crippen molar-refractivity contribution < 1.29 is 14.3 Å². The molecule has 0 saturated carbocycles. The Morgan fingerprint density at radius 3 is 2.66 bits per heavy atom. The van der Waals surface area contributed by atoms with E-state index in [0.717, 1.165) is 33.1 Å². The normalized spacial score (nSPS) is 11.2. The van der Waals surface area contributed by atoms with Crippen LogP contribution in [0.3, 0.4) is 0 Å². The molecule has 206 valence electrons. The number of halogens is 2. The number of amides is 2. The molecule has 0 radical (unpaired) electrons. The molecule has 5 rings (SSSR count). The molecule has 0 fully saturated rings. The summed E-state index contributed by atoms with van der Waals surface area (Å²) >= 11 is 13.2. The number of aromatic nitrogens is 2. The molecular weight excluding hydrogens is 559 g/mol. The van der Waals surface area contributed by atoms with Gasteiger partial charge in [0.25, 0.3) is 0 Å². The molecule has 9 heteroatoms. The molecule has 2 amide bonds. The number of benzene rings is 3. The first-order valence-corrected chi connectivity index (χ1v) is 13.6. The number of nitrogens with zero attached hydrogens (tertiary/aromatic N) is 3. The predicted octanol–water partition coefficient (Wildman–Crippen LogP) is 6.77. The van der Waals surface area contributed by atoms with E-state index in [9.17, 15) is 9.59 Å². The number of rotatable bonds is 8. The molecule has 0 atom stereocenters. The summed E-state index contributed by atoms with van der Waals surface area (Å²) in [6.07, 6.45) is 4.71. The number of aryl methyl sites for hydroxylation is 1. The van der Waals surface area contributed by atoms with Gasteiger partial charge in [0, 0.05) is 46.4 Å². The first kappa shape index (κ1) is 28.1. The number of para-hydroxylation sites is 2. The summed E-state index contributed by atoms with van der Waals surface area (Å²) in [5.74, 6) is -0.164. The van der Waals surface area contributed by atoms with E-state index in [2.05, 4.69) is 15.3 Å². The molecule has 0 aliphatic heterocycles. The summed E-state index contributed by atoms with van der Waals surface area (Å²) in [4.78, 5) is 35.7. The SMILES string of the molecule is Cc1ccc2cccc(OCc3c(Cl)ccc(N(C)C(=O)CNC(=O)/C=C/c4cnc5ccccc5c4)c3Cl)c2n1. The topological polar surface area (TPSA) is 84.4 Å². The lowest BCUT2D eigenvalue weighted by atomic mass is 10.1. The number of likely N-dealkylation sites (N-methyl/N-ethyl adjacent to an activating group) is 1. The Hall–Kier alpha value is -4.46. The second-order valence-electron chi connectivity index (χ2n) is 9.39. The van der Waals surface area contributed by atoms with Crippen molar-refractivity contribution in [3.63, 3.8) is 0 Å². The highest BCUT2D eigenvalue weighted by atomic mass is 35.5. The summed E-state index contributed by atoms with van der Waals surface area (Å²) in [7, 11) is 1.59. The number of hydrogen-bond donors (Lipinski definition) is 1. The van der Waals surface area contributed by atoms with Crippen LogP contribution in [-0.4, -0.2) is 35.4 Å². The zero-order chi connectivity index (χ0) is 28.9. The van der Waals surface area contributed by atoms with Gasteiger partial charge in [0.2, 0.25) is 11.8 Å². The maximum Gasteiger partial charge on any atom is 0.246 e. The molecule has 0 spiro atoms. The van der Waals surface area contributed by atoms with E-state index in [0.29, 0.717) is 22.0 Å². The number of carbonyl (C=O) groups excluding carboxylic acids is 2. The number of pyridine rings is 2. The van der Waals surface area contributed by atoms with Crippen molar-refractivity contribution in [2.75, 3.05) is 18.5 Å². The lowest BCUT2D eigenvalue weighted by molar-refractivity contribution is -0.122. The molecule has 5 aromatic rings. The van der Waals surface area contributed by atoms with Gasteiger partial charge < -0.3 is 15.0 Å². The van der Waals surface area contributed by atoms with Crippen LogP contribution in [0, 0.1) is 6.92 Å². The maximum atomic E-state index is 12.9. The highest BCUT2D eigenvalue weighted by molar-refractivity contribution is 6.38. The molecule has 0 aliphatic rings. The quantitative estimate of drug-likeness (QED) is 0.203.